The molecule has 0 spiro atoms. The third kappa shape index (κ3) is 2.82. The lowest BCUT2D eigenvalue weighted by Crippen LogP contribution is -2.20. The van der Waals surface area contributed by atoms with Crippen LogP contribution in [0, 0.1) is 12.8 Å². The summed E-state index contributed by atoms with van der Waals surface area (Å²) >= 11 is 1.68. The van der Waals surface area contributed by atoms with Crippen molar-refractivity contribution in [2.24, 2.45) is 5.92 Å². The Morgan fingerprint density at radius 1 is 1.22 bits per heavy atom. The minimum atomic E-state index is 0.747. The van der Waals surface area contributed by atoms with E-state index in [4.69, 9.17) is 5.10 Å². The highest BCUT2D eigenvalue weighted by Crippen LogP contribution is 2.37. The van der Waals surface area contributed by atoms with Crippen LogP contribution in [0.15, 0.2) is 37.3 Å². The number of rotatable bonds is 3. The van der Waals surface area contributed by atoms with Crippen LogP contribution < -0.4 is 9.80 Å². The lowest BCUT2D eigenvalue weighted by molar-refractivity contribution is 0.659. The van der Waals surface area contributed by atoms with E-state index in [1.165, 1.54) is 12.0 Å². The van der Waals surface area contributed by atoms with E-state index < -0.39 is 0 Å². The van der Waals surface area contributed by atoms with Crippen molar-refractivity contribution in [3.8, 4) is 5.69 Å². The summed E-state index contributed by atoms with van der Waals surface area (Å²) in [5.74, 6) is 1.80. The van der Waals surface area contributed by atoms with Gasteiger partial charge in [0, 0.05) is 24.8 Å². The predicted molar refractivity (Wildman–Crippen MR) is 109 cm³/mol. The van der Waals surface area contributed by atoms with Gasteiger partial charge in [-0.1, -0.05) is 13.5 Å². The molecule has 5 rings (SSSR count). The van der Waals surface area contributed by atoms with Crippen LogP contribution in [-0.4, -0.2) is 32.8 Å². The molecule has 0 radical (unpaired) electrons. The summed E-state index contributed by atoms with van der Waals surface area (Å²) < 4.78 is 1.91. The van der Waals surface area contributed by atoms with Gasteiger partial charge in [-0.25, -0.2) is 14.6 Å². The van der Waals surface area contributed by atoms with Crippen molar-refractivity contribution >= 4 is 27.9 Å². The van der Waals surface area contributed by atoms with E-state index in [-0.39, 0.29) is 0 Å². The zero-order valence-electron chi connectivity index (χ0n) is 15.6. The Hall–Kier alpha value is -2.67. The molecule has 3 aromatic rings. The summed E-state index contributed by atoms with van der Waals surface area (Å²) in [6, 6.07) is 4.20. The SMILES string of the molecule is C=C1c2nn(-c3ccc(N4CC[C@H](C)C4)nc3)cc2CN1c1cnc(C)s1. The number of hydrogen-bond donors (Lipinski definition) is 0. The molecule has 138 valence electrons. The van der Waals surface area contributed by atoms with Crippen LogP contribution in [0.5, 0.6) is 0 Å². The number of thiazole rings is 1. The molecular weight excluding hydrogens is 356 g/mol. The summed E-state index contributed by atoms with van der Waals surface area (Å²) in [4.78, 5) is 13.6. The number of hydrogen-bond acceptors (Lipinski definition) is 6. The van der Waals surface area contributed by atoms with Crippen LogP contribution in [0.1, 0.15) is 29.6 Å². The maximum atomic E-state index is 4.77. The zero-order chi connectivity index (χ0) is 18.5. The number of aryl methyl sites for hydroxylation is 1. The topological polar surface area (TPSA) is 50.1 Å². The van der Waals surface area contributed by atoms with Gasteiger partial charge in [0.25, 0.3) is 0 Å². The minimum Gasteiger partial charge on any atom is -0.356 e. The standard InChI is InChI=1S/C20H22N6S/c1-13-6-7-24(10-13)18-5-4-17(8-22-18)26-12-16-11-25(14(2)20(16)23-26)19-9-21-15(3)27-19/h4-5,8-9,12-13H,2,6-7,10-11H2,1,3H3/t13-/m0/s1. The summed E-state index contributed by atoms with van der Waals surface area (Å²) in [6.07, 6.45) is 7.15. The van der Waals surface area contributed by atoms with Crippen LogP contribution in [0.3, 0.4) is 0 Å². The Kier molecular flexibility index (Phi) is 3.79. The molecular formula is C20H22N6S. The van der Waals surface area contributed by atoms with E-state index >= 15 is 0 Å². The normalized spacial score (nSPS) is 19.2. The maximum Gasteiger partial charge on any atom is 0.128 e. The first-order chi connectivity index (χ1) is 13.1. The van der Waals surface area contributed by atoms with Crippen molar-refractivity contribution in [1.29, 1.82) is 0 Å². The predicted octanol–water partition coefficient (Wildman–Crippen LogP) is 3.87. The van der Waals surface area contributed by atoms with Crippen LogP contribution in [0.4, 0.5) is 10.8 Å². The number of pyridine rings is 1. The fourth-order valence-electron chi connectivity index (χ4n) is 3.82. The van der Waals surface area contributed by atoms with Crippen LogP contribution in [-0.2, 0) is 6.54 Å². The van der Waals surface area contributed by atoms with Gasteiger partial charge in [-0.05, 0) is 31.4 Å². The first-order valence-corrected chi connectivity index (χ1v) is 10.1. The molecule has 0 saturated carbocycles. The van der Waals surface area contributed by atoms with Gasteiger partial charge in [0.2, 0.25) is 0 Å². The molecule has 6 nitrogen and oxygen atoms in total. The van der Waals surface area contributed by atoms with Gasteiger partial charge in [-0.3, -0.25) is 0 Å². The zero-order valence-corrected chi connectivity index (χ0v) is 16.4. The second kappa shape index (κ2) is 6.20. The summed E-state index contributed by atoms with van der Waals surface area (Å²) in [5, 5.41) is 6.95. The van der Waals surface area contributed by atoms with Gasteiger partial charge in [0.15, 0.2) is 0 Å². The molecule has 0 bridgehead atoms. The van der Waals surface area contributed by atoms with Gasteiger partial charge in [-0.15, -0.1) is 11.3 Å². The number of fused-ring (bicyclic) bond motifs is 1. The third-order valence-electron chi connectivity index (χ3n) is 5.34. The van der Waals surface area contributed by atoms with Crippen LogP contribution in [0.25, 0.3) is 11.4 Å². The Bertz CT molecular complexity index is 1000. The van der Waals surface area contributed by atoms with Crippen molar-refractivity contribution in [3.05, 3.63) is 53.6 Å². The summed E-state index contributed by atoms with van der Waals surface area (Å²) in [5.41, 5.74) is 4.05. The second-order valence-corrected chi connectivity index (χ2v) is 8.63. The lowest BCUT2D eigenvalue weighted by Gasteiger charge is -2.17. The second-order valence-electron chi connectivity index (χ2n) is 7.41. The van der Waals surface area contributed by atoms with E-state index in [2.05, 4.69) is 51.6 Å². The molecule has 2 aliphatic heterocycles. The number of aromatic nitrogens is 4. The molecule has 0 amide bonds. The Balaban J connectivity index is 1.37. The van der Waals surface area contributed by atoms with E-state index in [1.807, 2.05) is 24.0 Å². The van der Waals surface area contributed by atoms with E-state index in [0.29, 0.717) is 0 Å². The summed E-state index contributed by atoms with van der Waals surface area (Å²) in [7, 11) is 0. The summed E-state index contributed by atoms with van der Waals surface area (Å²) in [6.45, 7) is 11.5. The average Bonchev–Trinajstić information content (AvgIpc) is 3.42. The Morgan fingerprint density at radius 3 is 2.74 bits per heavy atom. The van der Waals surface area contributed by atoms with E-state index in [1.54, 1.807) is 11.3 Å². The fraction of sp³-hybridized carbons (Fsp3) is 0.350. The highest BCUT2D eigenvalue weighted by Gasteiger charge is 2.28. The van der Waals surface area contributed by atoms with E-state index in [0.717, 1.165) is 58.5 Å². The molecule has 1 atom stereocenters. The van der Waals surface area contributed by atoms with Gasteiger partial charge >= 0.3 is 0 Å². The van der Waals surface area contributed by atoms with Gasteiger partial charge < -0.3 is 9.80 Å². The molecule has 7 heteroatoms. The third-order valence-corrected chi connectivity index (χ3v) is 6.27. The van der Waals surface area contributed by atoms with E-state index in [9.17, 15) is 0 Å². The Labute approximate surface area is 162 Å². The molecule has 0 aliphatic carbocycles. The largest absolute Gasteiger partial charge is 0.356 e. The Morgan fingerprint density at radius 2 is 2.11 bits per heavy atom. The maximum absolute atomic E-state index is 4.77. The van der Waals surface area contributed by atoms with Crippen molar-refractivity contribution < 1.29 is 0 Å². The average molecular weight is 379 g/mol. The van der Waals surface area contributed by atoms with Gasteiger partial charge in [-0.2, -0.15) is 5.10 Å². The molecule has 2 aliphatic rings. The highest BCUT2D eigenvalue weighted by molar-refractivity contribution is 7.15. The molecule has 1 saturated heterocycles. The smallest absolute Gasteiger partial charge is 0.128 e. The van der Waals surface area contributed by atoms with Crippen LogP contribution in [0.2, 0.25) is 0 Å². The molecule has 27 heavy (non-hydrogen) atoms. The van der Waals surface area contributed by atoms with Gasteiger partial charge in [0.05, 0.1) is 35.3 Å². The monoisotopic (exact) mass is 378 g/mol. The van der Waals surface area contributed by atoms with Crippen molar-refractivity contribution in [3.63, 3.8) is 0 Å². The number of nitrogens with zero attached hydrogens (tertiary/aromatic N) is 6. The minimum absolute atomic E-state index is 0.747. The molecule has 0 unspecified atom stereocenters. The van der Waals surface area contributed by atoms with Crippen LogP contribution >= 0.6 is 11.3 Å². The van der Waals surface area contributed by atoms with Crippen molar-refractivity contribution in [2.45, 2.75) is 26.8 Å². The fourth-order valence-corrected chi connectivity index (χ4v) is 4.62. The first kappa shape index (κ1) is 16.5. The quantitative estimate of drug-likeness (QED) is 0.692. The van der Waals surface area contributed by atoms with Crippen molar-refractivity contribution in [1.82, 2.24) is 19.7 Å². The first-order valence-electron chi connectivity index (χ1n) is 9.27. The molecule has 0 N–H and O–H groups in total. The molecule has 1 fully saturated rings. The molecule has 0 aromatic carbocycles. The molecule has 3 aromatic heterocycles. The van der Waals surface area contributed by atoms with Crippen molar-refractivity contribution in [2.75, 3.05) is 22.9 Å². The molecule has 5 heterocycles. The number of anilines is 2. The highest BCUT2D eigenvalue weighted by atomic mass is 32.1. The van der Waals surface area contributed by atoms with Gasteiger partial charge in [0.1, 0.15) is 16.5 Å². The lowest BCUT2D eigenvalue weighted by atomic mass is 10.2.